The Labute approximate surface area is 199 Å². The highest BCUT2D eigenvalue weighted by Gasteiger charge is 2.46. The third-order valence-corrected chi connectivity index (χ3v) is 7.78. The fourth-order valence-electron chi connectivity index (χ4n) is 4.28. The summed E-state index contributed by atoms with van der Waals surface area (Å²) < 4.78 is 15.8. The number of hydrogen-bond donors (Lipinski definition) is 1. The van der Waals surface area contributed by atoms with Gasteiger partial charge < -0.3 is 5.73 Å². The summed E-state index contributed by atoms with van der Waals surface area (Å²) in [4.78, 5) is 15.1. The van der Waals surface area contributed by atoms with E-state index in [0.29, 0.717) is 22.8 Å². The van der Waals surface area contributed by atoms with Crippen molar-refractivity contribution in [1.29, 1.82) is 5.26 Å². The number of allylic oxidation sites excluding steroid dienone is 3. The number of ketones is 1. The highest BCUT2D eigenvalue weighted by Crippen LogP contribution is 2.52. The number of nitrogens with zero attached hydrogens (tertiary/aromatic N) is 4. The van der Waals surface area contributed by atoms with Gasteiger partial charge in [0.05, 0.1) is 17.6 Å². The molecule has 166 valence electrons. The van der Waals surface area contributed by atoms with Crippen LogP contribution < -0.4 is 10.6 Å². The van der Waals surface area contributed by atoms with Gasteiger partial charge in [0.2, 0.25) is 5.13 Å². The molecule has 0 amide bonds. The second kappa shape index (κ2) is 8.50. The summed E-state index contributed by atoms with van der Waals surface area (Å²) in [6, 6.07) is 6.43. The molecule has 1 aromatic heterocycles. The first-order valence-electron chi connectivity index (χ1n) is 10.0. The molecule has 2 aliphatic rings. The Hall–Kier alpha value is -2.41. The Balaban J connectivity index is 2.00. The SMILES string of the molecule is CCSc1nnc(N2C(N)=C(C#N)C(c3c(F)cccc3Cl)C3=C2CC(C)(C)CC3=O)s1. The molecule has 1 aliphatic carbocycles. The minimum Gasteiger partial charge on any atom is -0.384 e. The lowest BCUT2D eigenvalue weighted by Gasteiger charge is -2.42. The summed E-state index contributed by atoms with van der Waals surface area (Å²) in [5.41, 5.74) is 7.32. The summed E-state index contributed by atoms with van der Waals surface area (Å²) >= 11 is 9.26. The van der Waals surface area contributed by atoms with E-state index >= 15 is 0 Å². The number of anilines is 1. The van der Waals surface area contributed by atoms with E-state index in [-0.39, 0.29) is 39.6 Å². The molecule has 0 saturated heterocycles. The van der Waals surface area contributed by atoms with Crippen molar-refractivity contribution in [3.63, 3.8) is 0 Å². The van der Waals surface area contributed by atoms with E-state index in [9.17, 15) is 14.4 Å². The average molecular weight is 490 g/mol. The quantitative estimate of drug-likeness (QED) is 0.575. The molecule has 6 nitrogen and oxygen atoms in total. The fraction of sp³-hybridized carbons (Fsp3) is 0.364. The molecule has 0 radical (unpaired) electrons. The van der Waals surface area contributed by atoms with Crippen molar-refractivity contribution in [2.75, 3.05) is 10.7 Å². The first-order valence-corrected chi connectivity index (χ1v) is 12.2. The molecule has 0 bridgehead atoms. The molecule has 2 heterocycles. The Bertz CT molecular complexity index is 1190. The highest BCUT2D eigenvalue weighted by atomic mass is 35.5. The lowest BCUT2D eigenvalue weighted by atomic mass is 9.68. The lowest BCUT2D eigenvalue weighted by molar-refractivity contribution is -0.118. The van der Waals surface area contributed by atoms with E-state index < -0.39 is 11.7 Å². The second-order valence-corrected chi connectivity index (χ2v) is 11.3. The summed E-state index contributed by atoms with van der Waals surface area (Å²) in [6.45, 7) is 6.01. The van der Waals surface area contributed by atoms with Crippen LogP contribution in [0.25, 0.3) is 0 Å². The lowest BCUT2D eigenvalue weighted by Crippen LogP contribution is -2.42. The van der Waals surface area contributed by atoms with Crippen LogP contribution in [0.3, 0.4) is 0 Å². The van der Waals surface area contributed by atoms with Crippen LogP contribution in [0.1, 0.15) is 45.1 Å². The van der Waals surface area contributed by atoms with Crippen LogP contribution >= 0.6 is 34.7 Å². The van der Waals surface area contributed by atoms with Crippen LogP contribution in [0.2, 0.25) is 5.02 Å². The van der Waals surface area contributed by atoms with E-state index in [1.807, 2.05) is 20.8 Å². The van der Waals surface area contributed by atoms with Crippen LogP contribution in [0.5, 0.6) is 0 Å². The zero-order valence-corrected chi connectivity index (χ0v) is 20.2. The molecule has 0 fully saturated rings. The number of carbonyl (C=O) groups excluding carboxylic acids is 1. The predicted molar refractivity (Wildman–Crippen MR) is 125 cm³/mol. The third kappa shape index (κ3) is 3.81. The maximum absolute atomic E-state index is 15.0. The van der Waals surface area contributed by atoms with Crippen LogP contribution in [-0.2, 0) is 4.79 Å². The van der Waals surface area contributed by atoms with Crippen molar-refractivity contribution < 1.29 is 9.18 Å². The molecule has 1 atom stereocenters. The van der Waals surface area contributed by atoms with Gasteiger partial charge >= 0.3 is 0 Å². The summed E-state index contributed by atoms with van der Waals surface area (Å²) in [5, 5.41) is 19.2. The van der Waals surface area contributed by atoms with Crippen molar-refractivity contribution in [3.8, 4) is 6.07 Å². The molecule has 2 aromatic rings. The fourth-order valence-corrected chi connectivity index (χ4v) is 6.33. The summed E-state index contributed by atoms with van der Waals surface area (Å²) in [5.74, 6) is -0.764. The molecule has 0 saturated carbocycles. The minimum atomic E-state index is -0.971. The molecule has 1 unspecified atom stereocenters. The number of nitrogens with two attached hydrogens (primary N) is 1. The van der Waals surface area contributed by atoms with Gasteiger partial charge in [-0.2, -0.15) is 5.26 Å². The van der Waals surface area contributed by atoms with Gasteiger partial charge in [-0.1, -0.05) is 61.5 Å². The van der Waals surface area contributed by atoms with E-state index in [2.05, 4.69) is 16.3 Å². The molecule has 2 N–H and O–H groups in total. The summed E-state index contributed by atoms with van der Waals surface area (Å²) in [6.07, 6.45) is 0.778. The van der Waals surface area contributed by atoms with Gasteiger partial charge in [0.1, 0.15) is 11.6 Å². The molecule has 10 heteroatoms. The number of Topliss-reactive ketones (excluding diaryl/α,β-unsaturated/α-hetero) is 1. The molecular weight excluding hydrogens is 469 g/mol. The van der Waals surface area contributed by atoms with Crippen molar-refractivity contribution in [3.05, 3.63) is 57.3 Å². The van der Waals surface area contributed by atoms with Crippen LogP contribution in [0, 0.1) is 22.6 Å². The standard InChI is InChI=1S/C22H21ClFN5OS2/c1-4-31-21-28-27-20(32-21)29-14-8-22(2,3)9-15(30)18(14)16(11(10-25)19(29)26)17-12(23)6-5-7-13(17)24/h5-7,16H,4,8-9,26H2,1-3H3. The van der Waals surface area contributed by atoms with Crippen molar-refractivity contribution in [1.82, 2.24) is 10.2 Å². The Kier molecular flexibility index (Phi) is 6.05. The number of thioether (sulfide) groups is 1. The average Bonchev–Trinajstić information content (AvgIpc) is 3.15. The number of aromatic nitrogens is 2. The number of benzene rings is 1. The summed E-state index contributed by atoms with van der Waals surface area (Å²) in [7, 11) is 0. The van der Waals surface area contributed by atoms with Crippen molar-refractivity contribution in [2.24, 2.45) is 11.1 Å². The van der Waals surface area contributed by atoms with Crippen LogP contribution in [0.4, 0.5) is 9.52 Å². The first-order chi connectivity index (χ1) is 15.2. The van der Waals surface area contributed by atoms with Crippen LogP contribution in [0.15, 0.2) is 45.2 Å². The van der Waals surface area contributed by atoms with E-state index in [1.165, 1.54) is 23.5 Å². The van der Waals surface area contributed by atoms with Gasteiger partial charge in [0.15, 0.2) is 10.1 Å². The molecule has 4 rings (SSSR count). The third-order valence-electron chi connectivity index (χ3n) is 5.52. The molecular formula is C22H21ClFN5OS2. The normalized spacial score (nSPS) is 20.4. The minimum absolute atomic E-state index is 0.0729. The maximum atomic E-state index is 15.0. The predicted octanol–water partition coefficient (Wildman–Crippen LogP) is 5.38. The topological polar surface area (TPSA) is 95.9 Å². The Morgan fingerprint density at radius 1 is 1.41 bits per heavy atom. The number of carbonyl (C=O) groups is 1. The molecule has 1 aromatic carbocycles. The number of hydrogen-bond acceptors (Lipinski definition) is 8. The zero-order valence-electron chi connectivity index (χ0n) is 17.8. The highest BCUT2D eigenvalue weighted by molar-refractivity contribution is 8.01. The molecule has 1 aliphatic heterocycles. The largest absolute Gasteiger partial charge is 0.384 e. The second-order valence-electron chi connectivity index (χ2n) is 8.40. The molecule has 32 heavy (non-hydrogen) atoms. The van der Waals surface area contributed by atoms with Gasteiger partial charge in [-0.15, -0.1) is 10.2 Å². The Morgan fingerprint density at radius 3 is 2.81 bits per heavy atom. The van der Waals surface area contributed by atoms with Gasteiger partial charge in [-0.3, -0.25) is 9.69 Å². The zero-order chi connectivity index (χ0) is 23.2. The van der Waals surface area contributed by atoms with E-state index in [4.69, 9.17) is 17.3 Å². The van der Waals surface area contributed by atoms with E-state index in [0.717, 1.165) is 10.1 Å². The van der Waals surface area contributed by atoms with Gasteiger partial charge in [-0.25, -0.2) is 4.39 Å². The first kappa shape index (κ1) is 22.8. The number of rotatable bonds is 4. The Morgan fingerprint density at radius 2 is 2.16 bits per heavy atom. The number of halogens is 2. The number of nitriles is 1. The smallest absolute Gasteiger partial charge is 0.219 e. The van der Waals surface area contributed by atoms with Crippen LogP contribution in [-0.4, -0.2) is 21.7 Å². The van der Waals surface area contributed by atoms with E-state index in [1.54, 1.807) is 22.7 Å². The van der Waals surface area contributed by atoms with Crippen molar-refractivity contribution >= 4 is 45.6 Å². The van der Waals surface area contributed by atoms with Crippen molar-refractivity contribution in [2.45, 2.75) is 43.9 Å². The van der Waals surface area contributed by atoms with Gasteiger partial charge in [0.25, 0.3) is 0 Å². The van der Waals surface area contributed by atoms with Gasteiger partial charge in [0, 0.05) is 28.3 Å². The maximum Gasteiger partial charge on any atom is 0.219 e. The molecule has 0 spiro atoms. The van der Waals surface area contributed by atoms with Gasteiger partial charge in [-0.05, 0) is 29.7 Å². The monoisotopic (exact) mass is 489 g/mol.